The average Bonchev–Trinajstić information content (AvgIpc) is 3.10. The van der Waals surface area contributed by atoms with Crippen molar-refractivity contribution in [3.05, 3.63) is 82.1 Å². The van der Waals surface area contributed by atoms with Crippen LogP contribution in [0.1, 0.15) is 32.1 Å². The molecule has 0 bridgehead atoms. The van der Waals surface area contributed by atoms with Crippen molar-refractivity contribution in [3.8, 4) is 5.75 Å². The third-order valence-electron chi connectivity index (χ3n) is 3.50. The van der Waals surface area contributed by atoms with Gasteiger partial charge in [0.2, 0.25) is 0 Å². The molecule has 1 heterocycles. The van der Waals surface area contributed by atoms with Crippen LogP contribution < -0.4 is 10.2 Å². The van der Waals surface area contributed by atoms with Crippen LogP contribution in [0.15, 0.2) is 59.7 Å². The van der Waals surface area contributed by atoms with Gasteiger partial charge in [-0.05, 0) is 55.0 Å². The van der Waals surface area contributed by atoms with Gasteiger partial charge in [-0.3, -0.25) is 9.89 Å². The lowest BCUT2D eigenvalue weighted by Gasteiger charge is -2.05. The number of benzene rings is 2. The van der Waals surface area contributed by atoms with E-state index in [9.17, 15) is 9.59 Å². The molecule has 0 radical (unpaired) electrons. The number of rotatable bonds is 5. The summed E-state index contributed by atoms with van der Waals surface area (Å²) in [5.74, 6) is -0.586. The van der Waals surface area contributed by atoms with Crippen molar-refractivity contribution < 1.29 is 14.3 Å². The Morgan fingerprint density at radius 2 is 1.93 bits per heavy atom. The lowest BCUT2D eigenvalue weighted by Crippen LogP contribution is -2.18. The molecule has 136 valence electrons. The second-order valence-corrected chi connectivity index (χ2v) is 5.98. The number of nitrogens with zero attached hydrogens (tertiary/aromatic N) is 2. The fraction of sp³-hybridized carbons (Fsp3) is 0.0526. The Bertz CT molecular complexity index is 996. The van der Waals surface area contributed by atoms with Gasteiger partial charge < -0.3 is 4.74 Å². The first-order valence-corrected chi connectivity index (χ1v) is 8.33. The first kappa shape index (κ1) is 18.3. The van der Waals surface area contributed by atoms with Crippen molar-refractivity contribution in [3.63, 3.8) is 0 Å². The van der Waals surface area contributed by atoms with E-state index in [1.807, 2.05) is 0 Å². The molecule has 1 amide bonds. The summed E-state index contributed by atoms with van der Waals surface area (Å²) in [4.78, 5) is 23.9. The third kappa shape index (κ3) is 4.80. The van der Waals surface area contributed by atoms with Gasteiger partial charge in [0.1, 0.15) is 5.75 Å². The van der Waals surface area contributed by atoms with Crippen molar-refractivity contribution in [1.29, 1.82) is 0 Å². The van der Waals surface area contributed by atoms with Crippen molar-refractivity contribution >= 4 is 29.7 Å². The normalized spacial score (nSPS) is 10.7. The zero-order valence-electron chi connectivity index (χ0n) is 14.3. The standard InChI is InChI=1S/C19H15ClN4O3/c1-12-10-17(23-22-12)18(25)24-21-11-13-6-8-14(9-7-13)27-19(26)15-4-2-3-5-16(15)20/h2-11H,1H3,(H,22,23)(H,24,25)/b21-11+. The molecule has 0 spiro atoms. The van der Waals surface area contributed by atoms with Crippen LogP contribution in [0.2, 0.25) is 5.02 Å². The quantitative estimate of drug-likeness (QED) is 0.306. The van der Waals surface area contributed by atoms with Gasteiger partial charge in [0, 0.05) is 5.69 Å². The molecule has 0 saturated heterocycles. The number of aryl methyl sites for hydroxylation is 1. The summed E-state index contributed by atoms with van der Waals surface area (Å²) in [5.41, 5.74) is 4.43. The SMILES string of the molecule is Cc1cc(C(=O)N/N=C/c2ccc(OC(=O)c3ccccc3Cl)cc2)n[nH]1. The first-order valence-electron chi connectivity index (χ1n) is 7.95. The number of aromatic amines is 1. The Kier molecular flexibility index (Phi) is 5.63. The number of ether oxygens (including phenoxy) is 1. The molecule has 0 aliphatic rings. The van der Waals surface area contributed by atoms with Gasteiger partial charge in [-0.1, -0.05) is 23.7 Å². The van der Waals surface area contributed by atoms with Crippen molar-refractivity contribution in [2.75, 3.05) is 0 Å². The van der Waals surface area contributed by atoms with Crippen molar-refractivity contribution in [1.82, 2.24) is 15.6 Å². The summed E-state index contributed by atoms with van der Waals surface area (Å²) in [6.07, 6.45) is 1.47. The van der Waals surface area contributed by atoms with Gasteiger partial charge in [0.25, 0.3) is 5.91 Å². The molecule has 0 saturated carbocycles. The predicted octanol–water partition coefficient (Wildman–Crippen LogP) is 3.35. The molecule has 7 nitrogen and oxygen atoms in total. The number of halogens is 1. The molecule has 1 aromatic heterocycles. The second kappa shape index (κ2) is 8.29. The Labute approximate surface area is 160 Å². The van der Waals surface area contributed by atoms with E-state index in [1.54, 1.807) is 61.5 Å². The summed E-state index contributed by atoms with van der Waals surface area (Å²) in [6, 6.07) is 14.9. The molecule has 2 aromatic carbocycles. The fourth-order valence-corrected chi connectivity index (χ4v) is 2.38. The van der Waals surface area contributed by atoms with Crippen molar-refractivity contribution in [2.45, 2.75) is 6.92 Å². The van der Waals surface area contributed by atoms with E-state index in [0.29, 0.717) is 21.9 Å². The van der Waals surface area contributed by atoms with Gasteiger partial charge >= 0.3 is 5.97 Å². The van der Waals surface area contributed by atoms with Crippen LogP contribution in [0.25, 0.3) is 0 Å². The van der Waals surface area contributed by atoms with Gasteiger partial charge in [-0.15, -0.1) is 0 Å². The van der Waals surface area contributed by atoms with Crippen LogP contribution in [-0.2, 0) is 0 Å². The first-order chi connectivity index (χ1) is 13.0. The van der Waals surface area contributed by atoms with E-state index in [4.69, 9.17) is 16.3 Å². The maximum atomic E-state index is 12.1. The predicted molar refractivity (Wildman–Crippen MR) is 101 cm³/mol. The minimum atomic E-state index is -0.538. The van der Waals surface area contributed by atoms with Gasteiger partial charge in [-0.25, -0.2) is 10.2 Å². The Hall–Kier alpha value is -3.45. The molecule has 2 N–H and O–H groups in total. The van der Waals surface area contributed by atoms with E-state index >= 15 is 0 Å². The number of aromatic nitrogens is 2. The molecule has 0 aliphatic carbocycles. The molecule has 0 fully saturated rings. The topological polar surface area (TPSA) is 96.4 Å². The van der Waals surface area contributed by atoms with E-state index < -0.39 is 11.9 Å². The lowest BCUT2D eigenvalue weighted by molar-refractivity contribution is 0.0734. The van der Waals surface area contributed by atoms with Gasteiger partial charge in [0.15, 0.2) is 5.69 Å². The summed E-state index contributed by atoms with van der Waals surface area (Å²) in [7, 11) is 0. The molecule has 8 heteroatoms. The third-order valence-corrected chi connectivity index (χ3v) is 3.83. The van der Waals surface area contributed by atoms with Crippen LogP contribution >= 0.6 is 11.6 Å². The number of hydrogen-bond donors (Lipinski definition) is 2. The van der Waals surface area contributed by atoms with E-state index in [-0.39, 0.29) is 5.69 Å². The summed E-state index contributed by atoms with van der Waals surface area (Å²) in [5, 5.41) is 10.7. The Morgan fingerprint density at radius 3 is 2.59 bits per heavy atom. The highest BCUT2D eigenvalue weighted by Gasteiger charge is 2.12. The molecule has 3 aromatic rings. The number of carbonyl (C=O) groups excluding carboxylic acids is 2. The number of nitrogens with one attached hydrogen (secondary N) is 2. The summed E-state index contributed by atoms with van der Waals surface area (Å²) < 4.78 is 5.29. The van der Waals surface area contributed by atoms with E-state index in [0.717, 1.165) is 5.69 Å². The Morgan fingerprint density at radius 1 is 1.19 bits per heavy atom. The second-order valence-electron chi connectivity index (χ2n) is 5.57. The monoisotopic (exact) mass is 382 g/mol. The van der Waals surface area contributed by atoms with Crippen LogP contribution in [0.5, 0.6) is 5.75 Å². The highest BCUT2D eigenvalue weighted by molar-refractivity contribution is 6.33. The zero-order chi connectivity index (χ0) is 19.2. The van der Waals surface area contributed by atoms with Gasteiger partial charge in [-0.2, -0.15) is 10.2 Å². The number of H-pyrrole nitrogens is 1. The molecule has 3 rings (SSSR count). The summed E-state index contributed by atoms with van der Waals surface area (Å²) in [6.45, 7) is 1.80. The fourth-order valence-electron chi connectivity index (χ4n) is 2.17. The lowest BCUT2D eigenvalue weighted by atomic mass is 10.2. The van der Waals surface area contributed by atoms with Crippen LogP contribution in [0, 0.1) is 6.92 Å². The average molecular weight is 383 g/mol. The molecule has 0 aliphatic heterocycles. The number of carbonyl (C=O) groups is 2. The minimum absolute atomic E-state index is 0.256. The molecule has 0 unspecified atom stereocenters. The smallest absolute Gasteiger partial charge is 0.345 e. The number of hydrogen-bond acceptors (Lipinski definition) is 5. The van der Waals surface area contributed by atoms with Crippen LogP contribution in [0.4, 0.5) is 0 Å². The van der Waals surface area contributed by atoms with Gasteiger partial charge in [0.05, 0.1) is 16.8 Å². The van der Waals surface area contributed by atoms with Crippen LogP contribution in [-0.4, -0.2) is 28.3 Å². The summed E-state index contributed by atoms with van der Waals surface area (Å²) >= 11 is 5.98. The van der Waals surface area contributed by atoms with Crippen molar-refractivity contribution in [2.24, 2.45) is 5.10 Å². The van der Waals surface area contributed by atoms with E-state index in [2.05, 4.69) is 20.7 Å². The maximum absolute atomic E-state index is 12.1. The number of esters is 1. The Balaban J connectivity index is 1.58. The van der Waals surface area contributed by atoms with E-state index in [1.165, 1.54) is 6.21 Å². The largest absolute Gasteiger partial charge is 0.423 e. The minimum Gasteiger partial charge on any atom is -0.423 e. The highest BCUT2D eigenvalue weighted by Crippen LogP contribution is 2.18. The molecule has 0 atom stereocenters. The number of hydrazone groups is 1. The van der Waals surface area contributed by atoms with Crippen LogP contribution in [0.3, 0.4) is 0 Å². The molecule has 27 heavy (non-hydrogen) atoms. The highest BCUT2D eigenvalue weighted by atomic mass is 35.5. The zero-order valence-corrected chi connectivity index (χ0v) is 15.0. The maximum Gasteiger partial charge on any atom is 0.345 e. The number of amides is 1. The molecular formula is C19H15ClN4O3. The molecular weight excluding hydrogens is 368 g/mol.